The summed E-state index contributed by atoms with van der Waals surface area (Å²) in [5, 5.41) is 0. The van der Waals surface area contributed by atoms with E-state index in [0.717, 1.165) is 6.61 Å². The molecule has 0 bridgehead atoms. The van der Waals surface area contributed by atoms with Gasteiger partial charge in [0.15, 0.2) is 0 Å². The highest BCUT2D eigenvalue weighted by Crippen LogP contribution is 2.16. The summed E-state index contributed by atoms with van der Waals surface area (Å²) in [6.07, 6.45) is 3.82. The Bertz CT molecular complexity index is 54.4. The second kappa shape index (κ2) is 4.55. The fourth-order valence-electron chi connectivity index (χ4n) is 0.766. The molecule has 0 saturated carbocycles. The van der Waals surface area contributed by atoms with Gasteiger partial charge in [0.1, 0.15) is 0 Å². The third-order valence-corrected chi connectivity index (χ3v) is 1.74. The molecule has 1 saturated heterocycles. The smallest absolute Gasteiger partial charge is 0.0708 e. The van der Waals surface area contributed by atoms with E-state index in [1.807, 2.05) is 0 Å². The second-order valence-electron chi connectivity index (χ2n) is 1.91. The van der Waals surface area contributed by atoms with Crippen molar-refractivity contribution < 1.29 is 4.74 Å². The molecule has 1 fully saturated rings. The highest BCUT2D eigenvalue weighted by Gasteiger charge is 2.05. The largest absolute Gasteiger partial charge is 0.374 e. The van der Waals surface area contributed by atoms with E-state index in [1.54, 1.807) is 0 Å². The predicted molar refractivity (Wildman–Crippen MR) is 40.5 cm³/mol. The molecule has 8 heavy (non-hydrogen) atoms. The molecular formula is C5H12ClOP. The van der Waals surface area contributed by atoms with Gasteiger partial charge in [0.2, 0.25) is 0 Å². The van der Waals surface area contributed by atoms with Crippen molar-refractivity contribution in [2.75, 3.05) is 6.61 Å². The molecule has 0 aromatic rings. The zero-order valence-electron chi connectivity index (χ0n) is 4.80. The maximum atomic E-state index is 5.24. The van der Waals surface area contributed by atoms with Crippen LogP contribution in [0.2, 0.25) is 0 Å². The van der Waals surface area contributed by atoms with Crippen molar-refractivity contribution in [3.63, 3.8) is 0 Å². The van der Waals surface area contributed by atoms with E-state index in [1.165, 1.54) is 19.3 Å². The summed E-state index contributed by atoms with van der Waals surface area (Å²) in [7, 11) is 2.68. The molecule has 1 aliphatic heterocycles. The van der Waals surface area contributed by atoms with Crippen molar-refractivity contribution in [1.29, 1.82) is 0 Å². The van der Waals surface area contributed by atoms with Crippen LogP contribution in [0.4, 0.5) is 0 Å². The Morgan fingerprint density at radius 3 is 2.38 bits per heavy atom. The minimum atomic E-state index is 0. The van der Waals surface area contributed by atoms with Crippen LogP contribution in [-0.4, -0.2) is 12.5 Å². The molecule has 1 heterocycles. The van der Waals surface area contributed by atoms with Crippen LogP contribution in [0.3, 0.4) is 0 Å². The Morgan fingerprint density at radius 1 is 1.38 bits per heavy atom. The van der Waals surface area contributed by atoms with Crippen LogP contribution in [0, 0.1) is 0 Å². The molecule has 1 nitrogen and oxygen atoms in total. The summed E-state index contributed by atoms with van der Waals surface area (Å²) in [5.74, 6) is 0.453. The van der Waals surface area contributed by atoms with Gasteiger partial charge in [0.05, 0.1) is 5.85 Å². The molecule has 0 N–H and O–H groups in total. The molecule has 1 rings (SSSR count). The molecule has 0 amide bonds. The number of ether oxygens (including phenoxy) is 1. The quantitative estimate of drug-likeness (QED) is 0.484. The van der Waals surface area contributed by atoms with Crippen LogP contribution in [-0.2, 0) is 4.74 Å². The SMILES string of the molecule is Cl.PC1CCCCO1. The van der Waals surface area contributed by atoms with Crippen LogP contribution in [0.1, 0.15) is 19.3 Å². The first-order valence-corrected chi connectivity index (χ1v) is 3.43. The zero-order chi connectivity index (χ0) is 5.11. The lowest BCUT2D eigenvalue weighted by Gasteiger charge is -2.17. The van der Waals surface area contributed by atoms with Crippen LogP contribution >= 0.6 is 21.6 Å². The fraction of sp³-hybridized carbons (Fsp3) is 1.00. The Kier molecular flexibility index (Phi) is 4.94. The summed E-state index contributed by atoms with van der Waals surface area (Å²) < 4.78 is 5.24. The standard InChI is InChI=1S/C5H11OP.ClH/c7-5-3-1-2-4-6-5;/h5H,1-4,7H2;1H. The Labute approximate surface area is 58.8 Å². The summed E-state index contributed by atoms with van der Waals surface area (Å²) in [5.41, 5.74) is 0. The Balaban J connectivity index is 0.000000490. The molecule has 0 aliphatic carbocycles. The van der Waals surface area contributed by atoms with E-state index < -0.39 is 0 Å². The first-order valence-electron chi connectivity index (χ1n) is 2.77. The topological polar surface area (TPSA) is 9.23 Å². The number of hydrogen-bond acceptors (Lipinski definition) is 1. The van der Waals surface area contributed by atoms with Crippen LogP contribution in [0.5, 0.6) is 0 Å². The van der Waals surface area contributed by atoms with Crippen LogP contribution < -0.4 is 0 Å². The van der Waals surface area contributed by atoms with E-state index in [2.05, 4.69) is 9.24 Å². The van der Waals surface area contributed by atoms with E-state index in [0.29, 0.717) is 5.85 Å². The van der Waals surface area contributed by atoms with Gasteiger partial charge in [-0.25, -0.2) is 0 Å². The molecule has 50 valence electrons. The van der Waals surface area contributed by atoms with Gasteiger partial charge in [-0.15, -0.1) is 21.6 Å². The van der Waals surface area contributed by atoms with Gasteiger partial charge >= 0.3 is 0 Å². The first-order chi connectivity index (χ1) is 3.39. The average molecular weight is 155 g/mol. The van der Waals surface area contributed by atoms with Crippen molar-refractivity contribution in [2.45, 2.75) is 25.1 Å². The fourth-order valence-corrected chi connectivity index (χ4v) is 1.14. The molecule has 0 aromatic carbocycles. The first kappa shape index (κ1) is 8.68. The van der Waals surface area contributed by atoms with Crippen molar-refractivity contribution in [2.24, 2.45) is 0 Å². The number of halogens is 1. The van der Waals surface area contributed by atoms with Crippen LogP contribution in [0.15, 0.2) is 0 Å². The summed E-state index contributed by atoms with van der Waals surface area (Å²) >= 11 is 0. The minimum Gasteiger partial charge on any atom is -0.374 e. The lowest BCUT2D eigenvalue weighted by molar-refractivity contribution is 0.0721. The monoisotopic (exact) mass is 154 g/mol. The maximum Gasteiger partial charge on any atom is 0.0708 e. The van der Waals surface area contributed by atoms with Gasteiger partial charge in [-0.2, -0.15) is 0 Å². The number of rotatable bonds is 0. The second-order valence-corrected chi connectivity index (χ2v) is 2.65. The maximum absolute atomic E-state index is 5.24. The molecule has 0 aromatic heterocycles. The molecule has 0 spiro atoms. The Hall–Kier alpha value is 0.680. The van der Waals surface area contributed by atoms with Crippen molar-refractivity contribution >= 4 is 21.6 Å². The minimum absolute atomic E-state index is 0. The number of hydrogen-bond donors (Lipinski definition) is 0. The Morgan fingerprint density at radius 2 is 2.12 bits per heavy atom. The zero-order valence-corrected chi connectivity index (χ0v) is 6.77. The molecule has 0 radical (unpaired) electrons. The van der Waals surface area contributed by atoms with E-state index >= 15 is 0 Å². The lowest BCUT2D eigenvalue weighted by atomic mass is 10.2. The molecule has 1 aliphatic rings. The van der Waals surface area contributed by atoms with Gasteiger partial charge in [0, 0.05) is 6.61 Å². The van der Waals surface area contributed by atoms with Crippen molar-refractivity contribution in [1.82, 2.24) is 0 Å². The molecule has 2 atom stereocenters. The summed E-state index contributed by atoms with van der Waals surface area (Å²) in [4.78, 5) is 0. The van der Waals surface area contributed by atoms with Gasteiger partial charge in [-0.3, -0.25) is 0 Å². The lowest BCUT2D eigenvalue weighted by Crippen LogP contribution is -2.11. The summed E-state index contributed by atoms with van der Waals surface area (Å²) in [6, 6.07) is 0. The van der Waals surface area contributed by atoms with Gasteiger partial charge in [0.25, 0.3) is 0 Å². The van der Waals surface area contributed by atoms with Crippen molar-refractivity contribution in [3.05, 3.63) is 0 Å². The van der Waals surface area contributed by atoms with Crippen LogP contribution in [0.25, 0.3) is 0 Å². The van der Waals surface area contributed by atoms with E-state index in [9.17, 15) is 0 Å². The third kappa shape index (κ3) is 2.86. The predicted octanol–water partition coefficient (Wildman–Crippen LogP) is 1.81. The van der Waals surface area contributed by atoms with E-state index in [-0.39, 0.29) is 12.4 Å². The highest BCUT2D eigenvalue weighted by molar-refractivity contribution is 7.17. The van der Waals surface area contributed by atoms with Gasteiger partial charge < -0.3 is 4.74 Å². The van der Waals surface area contributed by atoms with Crippen molar-refractivity contribution in [3.8, 4) is 0 Å². The normalized spacial score (nSPS) is 28.9. The molecule has 3 heteroatoms. The highest BCUT2D eigenvalue weighted by atomic mass is 35.5. The average Bonchev–Trinajstić information content (AvgIpc) is 1.69. The van der Waals surface area contributed by atoms with E-state index in [4.69, 9.17) is 4.74 Å². The molecule has 2 unspecified atom stereocenters. The molecular weight excluding hydrogens is 142 g/mol. The summed E-state index contributed by atoms with van der Waals surface area (Å²) in [6.45, 7) is 0.966. The van der Waals surface area contributed by atoms with Gasteiger partial charge in [-0.05, 0) is 19.3 Å². The third-order valence-electron chi connectivity index (χ3n) is 1.21. The van der Waals surface area contributed by atoms with Gasteiger partial charge in [-0.1, -0.05) is 0 Å².